The third kappa shape index (κ3) is 2.10. The van der Waals surface area contributed by atoms with E-state index < -0.39 is 5.54 Å². The average Bonchev–Trinajstić information content (AvgIpc) is 2.97. The lowest BCUT2D eigenvalue weighted by Crippen LogP contribution is -2.54. The molecule has 5 heteroatoms. The van der Waals surface area contributed by atoms with Crippen molar-refractivity contribution in [3.05, 3.63) is 63.8 Å². The second-order valence-corrected chi connectivity index (χ2v) is 8.68. The van der Waals surface area contributed by atoms with Gasteiger partial charge in [-0.2, -0.15) is 0 Å². The van der Waals surface area contributed by atoms with Crippen molar-refractivity contribution < 1.29 is 4.79 Å². The molecule has 2 aliphatic rings. The van der Waals surface area contributed by atoms with Gasteiger partial charge in [-0.3, -0.25) is 10.1 Å². The maximum absolute atomic E-state index is 13.8. The number of halogens is 1. The number of aryl methyl sites for hydroxylation is 2. The highest BCUT2D eigenvalue weighted by molar-refractivity contribution is 9.10. The number of likely N-dealkylation sites (N-methyl/N-ethyl adjacent to an activating group) is 1. The molecule has 2 aliphatic heterocycles. The van der Waals surface area contributed by atoms with Crippen LogP contribution in [0.2, 0.25) is 0 Å². The fourth-order valence-corrected chi connectivity index (χ4v) is 5.38. The van der Waals surface area contributed by atoms with Crippen LogP contribution in [0.3, 0.4) is 0 Å². The predicted molar refractivity (Wildman–Crippen MR) is 112 cm³/mol. The molecule has 3 aromatic rings. The van der Waals surface area contributed by atoms with Crippen LogP contribution in [0.15, 0.2) is 46.9 Å². The molecule has 2 unspecified atom stereocenters. The molecule has 0 aliphatic carbocycles. The Morgan fingerprint density at radius 3 is 2.78 bits per heavy atom. The molecule has 27 heavy (non-hydrogen) atoms. The summed E-state index contributed by atoms with van der Waals surface area (Å²) >= 11 is 3.62. The Labute approximate surface area is 167 Å². The number of fused-ring (bicyclic) bond motifs is 6. The molecule has 1 N–H and O–H groups in total. The van der Waals surface area contributed by atoms with Crippen molar-refractivity contribution >= 4 is 38.4 Å². The first-order valence-electron chi connectivity index (χ1n) is 9.38. The Bertz CT molecular complexity index is 1100. The molecule has 2 aromatic carbocycles. The highest BCUT2D eigenvalue weighted by Gasteiger charge is 2.55. The fourth-order valence-electron chi connectivity index (χ4n) is 5.02. The summed E-state index contributed by atoms with van der Waals surface area (Å²) in [5, 5.41) is 5.00. The van der Waals surface area contributed by atoms with Crippen molar-refractivity contribution in [2.75, 3.05) is 11.9 Å². The van der Waals surface area contributed by atoms with E-state index in [0.29, 0.717) is 0 Å². The first-order valence-corrected chi connectivity index (χ1v) is 10.2. The number of benzene rings is 2. The second-order valence-electron chi connectivity index (χ2n) is 7.76. The van der Waals surface area contributed by atoms with Gasteiger partial charge in [0.2, 0.25) is 0 Å². The standard InChI is InChI=1S/C22H22BrN3O/c1-13-8-10-16-15-6-4-5-7-18(15)25(2)20(16)22(24-13)17-12-14(23)9-11-19(17)26(3)21(22)27/h4-7,9,11-13,24H,8,10H2,1-3H3. The third-order valence-corrected chi connectivity index (χ3v) is 6.70. The van der Waals surface area contributed by atoms with E-state index in [1.54, 1.807) is 4.90 Å². The van der Waals surface area contributed by atoms with Gasteiger partial charge in [-0.25, -0.2) is 0 Å². The molecule has 2 atom stereocenters. The molecule has 5 rings (SSSR count). The number of hydrogen-bond donors (Lipinski definition) is 1. The largest absolute Gasteiger partial charge is 0.345 e. The topological polar surface area (TPSA) is 37.3 Å². The lowest BCUT2D eigenvalue weighted by atomic mass is 9.85. The van der Waals surface area contributed by atoms with Crippen LogP contribution in [0.1, 0.15) is 30.2 Å². The van der Waals surface area contributed by atoms with Gasteiger partial charge in [-0.1, -0.05) is 34.1 Å². The highest BCUT2D eigenvalue weighted by atomic mass is 79.9. The first-order chi connectivity index (χ1) is 12.9. The molecule has 4 nitrogen and oxygen atoms in total. The Kier molecular flexibility index (Phi) is 3.59. The minimum absolute atomic E-state index is 0.0940. The zero-order chi connectivity index (χ0) is 18.9. The van der Waals surface area contributed by atoms with Gasteiger partial charge < -0.3 is 9.47 Å². The first kappa shape index (κ1) is 17.0. The summed E-state index contributed by atoms with van der Waals surface area (Å²) in [6.07, 6.45) is 1.97. The van der Waals surface area contributed by atoms with Gasteiger partial charge in [0.1, 0.15) is 0 Å². The molecule has 1 aromatic heterocycles. The van der Waals surface area contributed by atoms with Crippen LogP contribution in [0.25, 0.3) is 10.9 Å². The average molecular weight is 424 g/mol. The van der Waals surface area contributed by atoms with Crippen LogP contribution in [0.5, 0.6) is 0 Å². The lowest BCUT2D eigenvalue weighted by Gasteiger charge is -2.32. The van der Waals surface area contributed by atoms with Crippen LogP contribution in [-0.4, -0.2) is 23.6 Å². The summed E-state index contributed by atoms with van der Waals surface area (Å²) < 4.78 is 3.21. The van der Waals surface area contributed by atoms with E-state index in [-0.39, 0.29) is 11.9 Å². The van der Waals surface area contributed by atoms with Gasteiger partial charge in [-0.15, -0.1) is 0 Å². The van der Waals surface area contributed by atoms with Crippen LogP contribution >= 0.6 is 15.9 Å². The number of nitrogens with one attached hydrogen (secondary N) is 1. The number of rotatable bonds is 0. The SMILES string of the molecule is CC1CCc2c(n(C)c3ccccc23)C2(N1)C(=O)N(C)c1ccc(Br)cc12. The molecule has 1 amide bonds. The predicted octanol–water partition coefficient (Wildman–Crippen LogP) is 4.09. The number of carbonyl (C=O) groups excluding carboxylic acids is 1. The minimum Gasteiger partial charge on any atom is -0.345 e. The molecular weight excluding hydrogens is 402 g/mol. The van der Waals surface area contributed by atoms with Gasteiger partial charge in [0, 0.05) is 46.8 Å². The van der Waals surface area contributed by atoms with Gasteiger partial charge in [-0.05, 0) is 49.6 Å². The second kappa shape index (κ2) is 5.69. The van der Waals surface area contributed by atoms with Crippen LogP contribution in [0, 0.1) is 0 Å². The van der Waals surface area contributed by atoms with Gasteiger partial charge in [0.25, 0.3) is 5.91 Å². The maximum atomic E-state index is 13.8. The number of aromatic nitrogens is 1. The minimum atomic E-state index is -0.854. The van der Waals surface area contributed by atoms with Crippen molar-refractivity contribution in [1.29, 1.82) is 0 Å². The number of carbonyl (C=O) groups is 1. The molecule has 3 heterocycles. The Balaban J connectivity index is 1.94. The number of nitrogens with zero attached hydrogens (tertiary/aromatic N) is 2. The van der Waals surface area contributed by atoms with Crippen molar-refractivity contribution in [2.24, 2.45) is 7.05 Å². The summed E-state index contributed by atoms with van der Waals surface area (Å²) in [4.78, 5) is 15.6. The van der Waals surface area contributed by atoms with E-state index in [4.69, 9.17) is 0 Å². The number of anilines is 1. The van der Waals surface area contributed by atoms with E-state index in [1.165, 1.54) is 16.5 Å². The van der Waals surface area contributed by atoms with Gasteiger partial charge in [0.05, 0.1) is 5.69 Å². The quantitative estimate of drug-likeness (QED) is 0.591. The van der Waals surface area contributed by atoms with E-state index in [0.717, 1.165) is 34.3 Å². The van der Waals surface area contributed by atoms with E-state index >= 15 is 0 Å². The summed E-state index contributed by atoms with van der Waals surface area (Å²) in [5.74, 6) is 0.0940. The molecule has 0 fully saturated rings. The third-order valence-electron chi connectivity index (χ3n) is 6.21. The number of para-hydroxylation sites is 1. The summed E-state index contributed by atoms with van der Waals surface area (Å²) in [7, 11) is 3.97. The molecule has 138 valence electrons. The molecule has 0 saturated carbocycles. The maximum Gasteiger partial charge on any atom is 0.257 e. The zero-order valence-electron chi connectivity index (χ0n) is 15.7. The van der Waals surface area contributed by atoms with Crippen LogP contribution < -0.4 is 10.2 Å². The number of amides is 1. The summed E-state index contributed by atoms with van der Waals surface area (Å²) in [6.45, 7) is 2.18. The molecule has 1 spiro atoms. The van der Waals surface area contributed by atoms with Crippen molar-refractivity contribution in [1.82, 2.24) is 9.88 Å². The van der Waals surface area contributed by atoms with Crippen molar-refractivity contribution in [3.63, 3.8) is 0 Å². The molecule has 0 radical (unpaired) electrons. The smallest absolute Gasteiger partial charge is 0.257 e. The van der Waals surface area contributed by atoms with Crippen molar-refractivity contribution in [2.45, 2.75) is 31.3 Å². The lowest BCUT2D eigenvalue weighted by molar-refractivity contribution is -0.123. The van der Waals surface area contributed by atoms with Crippen LogP contribution in [0.4, 0.5) is 5.69 Å². The summed E-state index contributed by atoms with van der Waals surface area (Å²) in [5.41, 5.74) is 4.71. The van der Waals surface area contributed by atoms with Crippen molar-refractivity contribution in [3.8, 4) is 0 Å². The molecule has 0 saturated heterocycles. The Hall–Kier alpha value is -2.11. The van der Waals surface area contributed by atoms with E-state index in [9.17, 15) is 4.79 Å². The van der Waals surface area contributed by atoms with E-state index in [2.05, 4.69) is 70.1 Å². The molecule has 0 bridgehead atoms. The normalized spacial score (nSPS) is 24.4. The fraction of sp³-hybridized carbons (Fsp3) is 0.318. The van der Waals surface area contributed by atoms with Crippen LogP contribution in [-0.2, 0) is 23.8 Å². The highest BCUT2D eigenvalue weighted by Crippen LogP contribution is 2.49. The Morgan fingerprint density at radius 1 is 1.19 bits per heavy atom. The molecular formula is C22H22BrN3O. The summed E-state index contributed by atoms with van der Waals surface area (Å²) in [6, 6.07) is 14.9. The number of hydrogen-bond acceptors (Lipinski definition) is 2. The van der Waals surface area contributed by atoms with E-state index in [1.807, 2.05) is 19.2 Å². The Morgan fingerprint density at radius 2 is 1.96 bits per heavy atom. The van der Waals surface area contributed by atoms with Gasteiger partial charge >= 0.3 is 0 Å². The zero-order valence-corrected chi connectivity index (χ0v) is 17.3. The van der Waals surface area contributed by atoms with Gasteiger partial charge in [0.15, 0.2) is 5.54 Å². The monoisotopic (exact) mass is 423 g/mol.